The van der Waals surface area contributed by atoms with Crippen LogP contribution in [0.5, 0.6) is 11.5 Å². The molecule has 4 nitrogen and oxygen atoms in total. The molecule has 0 unspecified atom stereocenters. The van der Waals surface area contributed by atoms with Gasteiger partial charge in [-0.15, -0.1) is 0 Å². The fourth-order valence-corrected chi connectivity index (χ4v) is 1.46. The van der Waals surface area contributed by atoms with Gasteiger partial charge in [0.05, 0.1) is 25.3 Å². The van der Waals surface area contributed by atoms with E-state index in [0.29, 0.717) is 22.5 Å². The summed E-state index contributed by atoms with van der Waals surface area (Å²) in [7, 11) is 2.96. The summed E-state index contributed by atoms with van der Waals surface area (Å²) in [5, 5.41) is 0. The highest BCUT2D eigenvalue weighted by Crippen LogP contribution is 2.32. The molecule has 1 aromatic heterocycles. The van der Waals surface area contributed by atoms with Crippen LogP contribution in [0.4, 0.5) is 8.78 Å². The second-order valence-electron chi connectivity index (χ2n) is 3.15. The van der Waals surface area contributed by atoms with Gasteiger partial charge in [-0.25, -0.2) is 13.8 Å². The summed E-state index contributed by atoms with van der Waals surface area (Å²) in [5.41, 5.74) is 0.918. The Balaban J connectivity index is 2.60. The smallest absolute Gasteiger partial charge is 0.295 e. The van der Waals surface area contributed by atoms with Gasteiger partial charge in [0, 0.05) is 12.1 Å². The molecule has 0 amide bonds. The number of rotatable bonds is 3. The third-order valence-corrected chi connectivity index (χ3v) is 2.21. The van der Waals surface area contributed by atoms with Gasteiger partial charge in [-0.1, -0.05) is 0 Å². The van der Waals surface area contributed by atoms with E-state index in [1.807, 2.05) is 0 Å². The van der Waals surface area contributed by atoms with Crippen LogP contribution in [0.25, 0.3) is 11.0 Å². The van der Waals surface area contributed by atoms with E-state index >= 15 is 0 Å². The van der Waals surface area contributed by atoms with Crippen molar-refractivity contribution in [1.82, 2.24) is 9.97 Å². The molecule has 0 aliphatic carbocycles. The van der Waals surface area contributed by atoms with Gasteiger partial charge >= 0.3 is 0 Å². The monoisotopic (exact) mass is 228 g/mol. The minimum atomic E-state index is -2.62. The molecule has 86 valence electrons. The van der Waals surface area contributed by atoms with Crippen LogP contribution in [0.15, 0.2) is 12.1 Å². The zero-order chi connectivity index (χ0) is 11.7. The van der Waals surface area contributed by atoms with Crippen LogP contribution in [-0.2, 0) is 0 Å². The Bertz CT molecular complexity index is 470. The molecule has 6 heteroatoms. The molecule has 1 aromatic carbocycles. The van der Waals surface area contributed by atoms with E-state index in [9.17, 15) is 8.78 Å². The highest BCUT2D eigenvalue weighted by molar-refractivity contribution is 5.79. The third kappa shape index (κ3) is 1.66. The zero-order valence-electron chi connectivity index (χ0n) is 8.75. The number of nitrogens with zero attached hydrogens (tertiary/aromatic N) is 1. The standard InChI is InChI=1S/C10H10F2N2O2/c1-15-7-3-5-6(4-8(7)16-2)14-10(13-5)9(11)12/h3-4,9H,1-2H3,(H,13,14). The first-order chi connectivity index (χ1) is 7.65. The molecule has 1 heterocycles. The fourth-order valence-electron chi connectivity index (χ4n) is 1.46. The van der Waals surface area contributed by atoms with Crippen LogP contribution >= 0.6 is 0 Å². The lowest BCUT2D eigenvalue weighted by Crippen LogP contribution is -1.89. The number of benzene rings is 1. The molecular formula is C10H10F2N2O2. The molecule has 0 aliphatic rings. The van der Waals surface area contributed by atoms with Gasteiger partial charge in [0.15, 0.2) is 17.3 Å². The topological polar surface area (TPSA) is 47.1 Å². The summed E-state index contributed by atoms with van der Waals surface area (Å²) in [4.78, 5) is 6.28. The number of halogens is 2. The van der Waals surface area contributed by atoms with Gasteiger partial charge < -0.3 is 14.5 Å². The average Bonchev–Trinajstić information content (AvgIpc) is 2.69. The summed E-state index contributed by atoms with van der Waals surface area (Å²) in [6.45, 7) is 0. The fraction of sp³-hybridized carbons (Fsp3) is 0.300. The van der Waals surface area contributed by atoms with Gasteiger partial charge in [0.25, 0.3) is 6.43 Å². The summed E-state index contributed by atoms with van der Waals surface area (Å²) >= 11 is 0. The van der Waals surface area contributed by atoms with E-state index < -0.39 is 6.43 Å². The van der Waals surface area contributed by atoms with Crippen molar-refractivity contribution in [3.8, 4) is 11.5 Å². The Morgan fingerprint density at radius 2 is 1.81 bits per heavy atom. The van der Waals surface area contributed by atoms with Crippen molar-refractivity contribution in [2.45, 2.75) is 6.43 Å². The maximum Gasteiger partial charge on any atom is 0.295 e. The number of imidazole rings is 1. The van der Waals surface area contributed by atoms with Gasteiger partial charge in [0.2, 0.25) is 0 Å². The van der Waals surface area contributed by atoms with Crippen LogP contribution in [0, 0.1) is 0 Å². The summed E-state index contributed by atoms with van der Waals surface area (Å²) in [6.07, 6.45) is -2.62. The zero-order valence-corrected chi connectivity index (χ0v) is 8.75. The minimum Gasteiger partial charge on any atom is -0.493 e. The third-order valence-electron chi connectivity index (χ3n) is 2.21. The Morgan fingerprint density at radius 1 is 1.19 bits per heavy atom. The van der Waals surface area contributed by atoms with E-state index in [4.69, 9.17) is 9.47 Å². The van der Waals surface area contributed by atoms with E-state index in [0.717, 1.165) is 0 Å². The number of ether oxygens (including phenoxy) is 2. The molecule has 0 aliphatic heterocycles. The Morgan fingerprint density at radius 3 is 2.38 bits per heavy atom. The largest absolute Gasteiger partial charge is 0.493 e. The van der Waals surface area contributed by atoms with Gasteiger partial charge in [0.1, 0.15) is 0 Å². The number of hydrogen-bond donors (Lipinski definition) is 1. The first-order valence-corrected chi connectivity index (χ1v) is 4.55. The van der Waals surface area contributed by atoms with E-state index in [2.05, 4.69) is 9.97 Å². The SMILES string of the molecule is COc1cc2nc(C(F)F)[nH]c2cc1OC. The highest BCUT2D eigenvalue weighted by Gasteiger charge is 2.15. The number of methoxy groups -OCH3 is 2. The molecule has 0 atom stereocenters. The van der Waals surface area contributed by atoms with Crippen molar-refractivity contribution in [2.75, 3.05) is 14.2 Å². The van der Waals surface area contributed by atoms with Crippen LogP contribution in [0.3, 0.4) is 0 Å². The number of H-pyrrole nitrogens is 1. The summed E-state index contributed by atoms with van der Waals surface area (Å²) < 4.78 is 34.9. The van der Waals surface area contributed by atoms with Crippen LogP contribution in [-0.4, -0.2) is 24.2 Å². The molecule has 0 bridgehead atoms. The lowest BCUT2D eigenvalue weighted by Gasteiger charge is -2.06. The van der Waals surface area contributed by atoms with Crippen molar-refractivity contribution >= 4 is 11.0 Å². The highest BCUT2D eigenvalue weighted by atomic mass is 19.3. The Hall–Kier alpha value is -1.85. The normalized spacial score (nSPS) is 11.1. The molecular weight excluding hydrogens is 218 g/mol. The second kappa shape index (κ2) is 3.96. The predicted molar refractivity (Wildman–Crippen MR) is 54.2 cm³/mol. The second-order valence-corrected chi connectivity index (χ2v) is 3.15. The quantitative estimate of drug-likeness (QED) is 0.878. The van der Waals surface area contributed by atoms with Gasteiger partial charge in [-0.05, 0) is 0 Å². The molecule has 0 fully saturated rings. The van der Waals surface area contributed by atoms with Crippen LogP contribution in [0.2, 0.25) is 0 Å². The summed E-state index contributed by atoms with van der Waals surface area (Å²) in [5.74, 6) is 0.576. The Labute approximate surface area is 90.2 Å². The molecule has 16 heavy (non-hydrogen) atoms. The molecule has 1 N–H and O–H groups in total. The van der Waals surface area contributed by atoms with E-state index in [-0.39, 0.29) is 5.82 Å². The van der Waals surface area contributed by atoms with Crippen molar-refractivity contribution in [2.24, 2.45) is 0 Å². The molecule has 0 saturated carbocycles. The molecule has 2 aromatic rings. The number of aromatic nitrogens is 2. The van der Waals surface area contributed by atoms with Crippen molar-refractivity contribution in [3.63, 3.8) is 0 Å². The number of fused-ring (bicyclic) bond motifs is 1. The lowest BCUT2D eigenvalue weighted by atomic mass is 10.3. The van der Waals surface area contributed by atoms with Gasteiger partial charge in [-0.2, -0.15) is 0 Å². The van der Waals surface area contributed by atoms with Crippen LogP contribution in [0.1, 0.15) is 12.2 Å². The van der Waals surface area contributed by atoms with Crippen molar-refractivity contribution in [1.29, 1.82) is 0 Å². The maximum atomic E-state index is 12.4. The minimum absolute atomic E-state index is 0.356. The maximum absolute atomic E-state index is 12.4. The first-order valence-electron chi connectivity index (χ1n) is 4.55. The van der Waals surface area contributed by atoms with Crippen molar-refractivity contribution < 1.29 is 18.3 Å². The first kappa shape index (κ1) is 10.7. The molecule has 0 spiro atoms. The van der Waals surface area contributed by atoms with Gasteiger partial charge in [-0.3, -0.25) is 0 Å². The number of aromatic amines is 1. The number of alkyl halides is 2. The van der Waals surface area contributed by atoms with E-state index in [1.165, 1.54) is 14.2 Å². The summed E-state index contributed by atoms with van der Waals surface area (Å²) in [6, 6.07) is 3.13. The predicted octanol–water partition coefficient (Wildman–Crippen LogP) is 2.52. The molecule has 0 radical (unpaired) electrons. The lowest BCUT2D eigenvalue weighted by molar-refractivity contribution is 0.142. The number of nitrogens with one attached hydrogen (secondary N) is 1. The Kier molecular flexibility index (Phi) is 2.64. The molecule has 2 rings (SSSR count). The van der Waals surface area contributed by atoms with Crippen LogP contribution < -0.4 is 9.47 Å². The number of hydrogen-bond acceptors (Lipinski definition) is 3. The molecule has 0 saturated heterocycles. The van der Waals surface area contributed by atoms with Crippen molar-refractivity contribution in [3.05, 3.63) is 18.0 Å². The van der Waals surface area contributed by atoms with E-state index in [1.54, 1.807) is 12.1 Å². The average molecular weight is 228 g/mol.